The van der Waals surface area contributed by atoms with Gasteiger partial charge in [-0.15, -0.1) is 15.0 Å². The Balaban J connectivity index is 2.25. The molecule has 0 fully saturated rings. The lowest BCUT2D eigenvalue weighted by molar-refractivity contribution is 0.408. The lowest BCUT2D eigenvalue weighted by Crippen LogP contribution is -2.22. The molecule has 150 valence electrons. The summed E-state index contributed by atoms with van der Waals surface area (Å²) in [7, 11) is 0. The Bertz CT molecular complexity index is 936. The molecule has 0 spiro atoms. The van der Waals surface area contributed by atoms with Crippen LogP contribution in [-0.2, 0) is 10.8 Å². The summed E-state index contributed by atoms with van der Waals surface area (Å²) in [6.45, 7) is 13.4. The van der Waals surface area contributed by atoms with Crippen LogP contribution < -0.4 is 0 Å². The molecule has 0 saturated carbocycles. The van der Waals surface area contributed by atoms with Crippen LogP contribution in [0.4, 0.5) is 0 Å². The number of hydrogen-bond donors (Lipinski definition) is 1. The summed E-state index contributed by atoms with van der Waals surface area (Å²) in [5.74, 6) is 0.287. The summed E-state index contributed by atoms with van der Waals surface area (Å²) >= 11 is 0. The standard InChI is InChI=1S/C24H33N3O/c1-7-13-23(3,4)17-15-18(24(5,6)14-8-2)22(28)21(16-17)27-25-19-11-9-10-12-20(19)26-27/h9-12,15-16,28H,7-8,13-14H2,1-6H3. The first-order valence-corrected chi connectivity index (χ1v) is 10.4. The molecule has 0 aliphatic heterocycles. The van der Waals surface area contributed by atoms with Crippen LogP contribution in [0.25, 0.3) is 16.7 Å². The average molecular weight is 380 g/mol. The zero-order chi connectivity index (χ0) is 20.5. The molecule has 0 aliphatic rings. The fourth-order valence-electron chi connectivity index (χ4n) is 4.17. The molecule has 0 atom stereocenters. The average Bonchev–Trinajstić information content (AvgIpc) is 3.05. The van der Waals surface area contributed by atoms with E-state index in [1.54, 1.807) is 4.80 Å². The van der Waals surface area contributed by atoms with Crippen molar-refractivity contribution in [2.45, 2.75) is 78.1 Å². The third-order valence-electron chi connectivity index (χ3n) is 5.85. The molecule has 4 heteroatoms. The largest absolute Gasteiger partial charge is 0.505 e. The van der Waals surface area contributed by atoms with Crippen LogP contribution in [0.15, 0.2) is 36.4 Å². The highest BCUT2D eigenvalue weighted by Gasteiger charge is 2.30. The summed E-state index contributed by atoms with van der Waals surface area (Å²) in [5.41, 5.74) is 4.41. The molecular weight excluding hydrogens is 346 g/mol. The number of nitrogens with zero attached hydrogens (tertiary/aromatic N) is 3. The number of hydrogen-bond acceptors (Lipinski definition) is 3. The number of phenolic OH excluding ortho intramolecular Hbond substituents is 1. The molecule has 0 aliphatic carbocycles. The minimum absolute atomic E-state index is 0.0147. The van der Waals surface area contributed by atoms with Gasteiger partial charge in [0.1, 0.15) is 22.5 Å². The summed E-state index contributed by atoms with van der Waals surface area (Å²) in [4.78, 5) is 1.59. The highest BCUT2D eigenvalue weighted by Crippen LogP contribution is 2.42. The smallest absolute Gasteiger partial charge is 0.146 e. The second-order valence-corrected chi connectivity index (χ2v) is 9.14. The normalized spacial score (nSPS) is 12.6. The molecule has 1 aromatic heterocycles. The predicted octanol–water partition coefficient (Wildman–Crippen LogP) is 6.28. The maximum atomic E-state index is 11.2. The van der Waals surface area contributed by atoms with Crippen LogP contribution in [0.3, 0.4) is 0 Å². The molecule has 3 rings (SSSR count). The van der Waals surface area contributed by atoms with Gasteiger partial charge in [-0.25, -0.2) is 0 Å². The van der Waals surface area contributed by atoms with Gasteiger partial charge in [0.05, 0.1) is 0 Å². The first kappa shape index (κ1) is 20.4. The molecule has 4 nitrogen and oxygen atoms in total. The van der Waals surface area contributed by atoms with E-state index in [9.17, 15) is 5.11 Å². The summed E-state index contributed by atoms with van der Waals surface area (Å²) in [5, 5.41) is 20.5. The van der Waals surface area contributed by atoms with Gasteiger partial charge in [-0.3, -0.25) is 0 Å². The zero-order valence-corrected chi connectivity index (χ0v) is 18.1. The Morgan fingerprint density at radius 2 is 1.39 bits per heavy atom. The molecule has 1 N–H and O–H groups in total. The van der Waals surface area contributed by atoms with Crippen molar-refractivity contribution in [1.82, 2.24) is 15.0 Å². The SMILES string of the molecule is CCCC(C)(C)c1cc(-n2nc3ccccc3n2)c(O)c(C(C)(C)CCC)c1. The third-order valence-corrected chi connectivity index (χ3v) is 5.85. The van der Waals surface area contributed by atoms with Crippen LogP contribution in [0, 0.1) is 0 Å². The Morgan fingerprint density at radius 1 is 0.857 bits per heavy atom. The number of phenols is 1. The number of rotatable bonds is 7. The van der Waals surface area contributed by atoms with E-state index in [2.05, 4.69) is 63.9 Å². The first-order chi connectivity index (χ1) is 13.2. The summed E-state index contributed by atoms with van der Waals surface area (Å²) in [6, 6.07) is 12.1. The van der Waals surface area contributed by atoms with Gasteiger partial charge in [0, 0.05) is 5.56 Å². The fourth-order valence-corrected chi connectivity index (χ4v) is 4.17. The van der Waals surface area contributed by atoms with E-state index in [0.717, 1.165) is 42.3 Å². The minimum atomic E-state index is -0.127. The van der Waals surface area contributed by atoms with Gasteiger partial charge in [0.15, 0.2) is 0 Å². The molecule has 0 amide bonds. The molecule has 1 heterocycles. The molecule has 0 saturated heterocycles. The highest BCUT2D eigenvalue weighted by atomic mass is 16.3. The van der Waals surface area contributed by atoms with Gasteiger partial charge in [0.2, 0.25) is 0 Å². The monoisotopic (exact) mass is 379 g/mol. The summed E-state index contributed by atoms with van der Waals surface area (Å²) < 4.78 is 0. The molecular formula is C24H33N3O. The van der Waals surface area contributed by atoms with Crippen molar-refractivity contribution in [3.63, 3.8) is 0 Å². The van der Waals surface area contributed by atoms with Crippen molar-refractivity contribution >= 4 is 11.0 Å². The van der Waals surface area contributed by atoms with Gasteiger partial charge in [0.25, 0.3) is 0 Å². The van der Waals surface area contributed by atoms with E-state index >= 15 is 0 Å². The molecule has 0 bridgehead atoms. The maximum Gasteiger partial charge on any atom is 0.146 e. The Hall–Kier alpha value is -2.36. The van der Waals surface area contributed by atoms with Gasteiger partial charge in [-0.1, -0.05) is 72.6 Å². The molecule has 28 heavy (non-hydrogen) atoms. The van der Waals surface area contributed by atoms with Crippen LogP contribution in [-0.4, -0.2) is 20.1 Å². The van der Waals surface area contributed by atoms with Crippen molar-refractivity contribution in [3.05, 3.63) is 47.5 Å². The van der Waals surface area contributed by atoms with Crippen molar-refractivity contribution in [3.8, 4) is 11.4 Å². The van der Waals surface area contributed by atoms with Gasteiger partial charge >= 0.3 is 0 Å². The van der Waals surface area contributed by atoms with Crippen LogP contribution >= 0.6 is 0 Å². The topological polar surface area (TPSA) is 50.9 Å². The van der Waals surface area contributed by atoms with Crippen LogP contribution in [0.1, 0.15) is 78.4 Å². The van der Waals surface area contributed by atoms with E-state index in [-0.39, 0.29) is 16.6 Å². The predicted molar refractivity (Wildman–Crippen MR) is 116 cm³/mol. The molecule has 3 aromatic rings. The van der Waals surface area contributed by atoms with Crippen LogP contribution in [0.5, 0.6) is 5.75 Å². The van der Waals surface area contributed by atoms with E-state index in [1.165, 1.54) is 5.56 Å². The summed E-state index contributed by atoms with van der Waals surface area (Å²) in [6.07, 6.45) is 4.26. The van der Waals surface area contributed by atoms with Crippen molar-refractivity contribution in [2.75, 3.05) is 0 Å². The fraction of sp³-hybridized carbons (Fsp3) is 0.500. The lowest BCUT2D eigenvalue weighted by atomic mass is 9.74. The van der Waals surface area contributed by atoms with Crippen LogP contribution in [0.2, 0.25) is 0 Å². The second kappa shape index (κ2) is 7.57. The number of fused-ring (bicyclic) bond motifs is 1. The van der Waals surface area contributed by atoms with E-state index in [4.69, 9.17) is 0 Å². The number of aromatic nitrogens is 3. The zero-order valence-electron chi connectivity index (χ0n) is 18.1. The van der Waals surface area contributed by atoms with Gasteiger partial charge < -0.3 is 5.11 Å². The van der Waals surface area contributed by atoms with E-state index in [0.29, 0.717) is 5.69 Å². The Morgan fingerprint density at radius 3 is 1.93 bits per heavy atom. The van der Waals surface area contributed by atoms with Gasteiger partial charge in [-0.2, -0.15) is 0 Å². The molecule has 0 unspecified atom stereocenters. The van der Waals surface area contributed by atoms with Gasteiger partial charge in [-0.05, 0) is 47.4 Å². The minimum Gasteiger partial charge on any atom is -0.505 e. The second-order valence-electron chi connectivity index (χ2n) is 9.14. The Labute approximate surface area is 168 Å². The van der Waals surface area contributed by atoms with E-state index in [1.807, 2.05) is 24.3 Å². The highest BCUT2D eigenvalue weighted by molar-refractivity contribution is 5.73. The van der Waals surface area contributed by atoms with Crippen molar-refractivity contribution < 1.29 is 5.11 Å². The first-order valence-electron chi connectivity index (χ1n) is 10.4. The number of aromatic hydroxyl groups is 1. The molecule has 0 radical (unpaired) electrons. The van der Waals surface area contributed by atoms with Crippen molar-refractivity contribution in [2.24, 2.45) is 0 Å². The number of benzene rings is 2. The Kier molecular flexibility index (Phi) is 5.51. The molecule has 2 aromatic carbocycles. The maximum absolute atomic E-state index is 11.2. The third kappa shape index (κ3) is 3.78. The van der Waals surface area contributed by atoms with E-state index < -0.39 is 0 Å². The quantitative estimate of drug-likeness (QED) is 0.525. The van der Waals surface area contributed by atoms with Crippen molar-refractivity contribution in [1.29, 1.82) is 0 Å². The lowest BCUT2D eigenvalue weighted by Gasteiger charge is -2.31.